The van der Waals surface area contributed by atoms with Gasteiger partial charge in [0, 0.05) is 12.3 Å². The number of hydrogen-bond acceptors (Lipinski definition) is 20. The first-order valence-corrected chi connectivity index (χ1v) is 29.7. The molecule has 0 aromatic rings. The van der Waals surface area contributed by atoms with Gasteiger partial charge in [0.25, 0.3) is 0 Å². The first kappa shape index (κ1) is 77.4. The van der Waals surface area contributed by atoms with Crippen molar-refractivity contribution >= 4 is 101 Å². The van der Waals surface area contributed by atoms with Crippen LogP contribution < -0.4 is 87.2 Å². The number of unbranched alkanes of at least 4 members (excludes halogenated alkanes) is 2. The van der Waals surface area contributed by atoms with Crippen molar-refractivity contribution in [1.29, 1.82) is 0 Å². The number of aliphatic hydroxyl groups is 2. The van der Waals surface area contributed by atoms with E-state index < -0.39 is 170 Å². The Balaban J connectivity index is 6.23. The Kier molecular flexibility index (Phi) is 39.7. The summed E-state index contributed by atoms with van der Waals surface area (Å²) in [6.45, 7) is 5.03. The molecule has 0 aromatic carbocycles. The molecule has 0 aliphatic rings. The van der Waals surface area contributed by atoms with Gasteiger partial charge in [-0.2, -0.15) is 24.4 Å². The third-order valence-electron chi connectivity index (χ3n) is 12.8. The molecule has 0 unspecified atom stereocenters. The summed E-state index contributed by atoms with van der Waals surface area (Å²) in [5, 5.41) is 56.2. The number of hydrogen-bond donors (Lipinski definition) is 20. The van der Waals surface area contributed by atoms with Crippen molar-refractivity contribution in [1.82, 2.24) is 58.5 Å². The predicted octanol–water partition coefficient (Wildman–Crippen LogP) is -7.30. The number of thiol groups is 1. The average Bonchev–Trinajstić information content (AvgIpc) is 3.49. The quantitative estimate of drug-likeness (QED) is 0.0117. The van der Waals surface area contributed by atoms with Crippen molar-refractivity contribution in [2.45, 2.75) is 159 Å². The maximum absolute atomic E-state index is 14.1. The number of nitrogens with one attached hydrogen (secondary N) is 11. The lowest BCUT2D eigenvalue weighted by molar-refractivity contribution is -0.139. The summed E-state index contributed by atoms with van der Waals surface area (Å²) in [5.74, 6) is -11.9. The number of thioether (sulfide) groups is 1. The van der Waals surface area contributed by atoms with Crippen molar-refractivity contribution in [2.75, 3.05) is 63.7 Å². The van der Waals surface area contributed by atoms with Crippen LogP contribution in [-0.4, -0.2) is 216 Å². The number of amides is 11. The Morgan fingerprint density at radius 2 is 0.976 bits per heavy atom. The molecule has 0 fully saturated rings. The molecule has 11 amide bonds. The fourth-order valence-electron chi connectivity index (χ4n) is 7.57. The molecule has 0 saturated heterocycles. The van der Waals surface area contributed by atoms with Crippen molar-refractivity contribution in [2.24, 2.45) is 45.5 Å². The normalized spacial score (nSPS) is 15.0. The number of aliphatic imine (C=N–C) groups is 1. The molecular weight excluding hydrogens is 1140 g/mol. The number of carboxylic acid groups (broad SMARTS) is 1. The second-order valence-electron chi connectivity index (χ2n) is 20.0. The van der Waals surface area contributed by atoms with Gasteiger partial charge in [0.1, 0.15) is 60.9 Å². The molecule has 24 N–H and O–H groups in total. The van der Waals surface area contributed by atoms with E-state index in [1.54, 1.807) is 27.7 Å². The molecule has 0 aliphatic carbocycles. The molecule has 0 bridgehead atoms. The molecule has 0 aromatic heterocycles. The van der Waals surface area contributed by atoms with E-state index >= 15 is 0 Å². The van der Waals surface area contributed by atoms with Gasteiger partial charge in [-0.3, -0.25) is 62.5 Å². The predicted molar refractivity (Wildman–Crippen MR) is 316 cm³/mol. The van der Waals surface area contributed by atoms with E-state index in [9.17, 15) is 67.7 Å². The average molecular weight is 1240 g/mol. The summed E-state index contributed by atoms with van der Waals surface area (Å²) in [6.07, 6.45) is 4.04. The summed E-state index contributed by atoms with van der Waals surface area (Å²) in [6, 6.07) is -13.5. The highest BCUT2D eigenvalue weighted by atomic mass is 32.2. The number of carbonyl (C=O) groups is 12. The van der Waals surface area contributed by atoms with Crippen LogP contribution >= 0.6 is 24.4 Å². The molecule has 32 nitrogen and oxygen atoms in total. The summed E-state index contributed by atoms with van der Waals surface area (Å²) in [7, 11) is 0. The number of guanidine groups is 1. The largest absolute Gasteiger partial charge is 0.480 e. The number of carboxylic acids is 1. The van der Waals surface area contributed by atoms with Gasteiger partial charge in [0.15, 0.2) is 5.96 Å². The minimum atomic E-state index is -1.74. The van der Waals surface area contributed by atoms with Crippen LogP contribution in [0.2, 0.25) is 0 Å². The molecule has 480 valence electrons. The van der Waals surface area contributed by atoms with Gasteiger partial charge in [-0.05, 0) is 102 Å². The maximum Gasteiger partial charge on any atom is 0.322 e. The highest BCUT2D eigenvalue weighted by molar-refractivity contribution is 7.98. The third kappa shape index (κ3) is 30.8. The standard InChI is InChI=1S/C50H93N17O15S2/c1-7-27(4)39(49(82)59-28(5)40(73)67-38(26(2)3)48(81)58-22-37(71)72)66-36(70)21-57-42(75)35(25-83)65-47(80)34(24-69)64-45(78)31(14-9-11-18-52)61-43(76)32(15-12-19-56-50(54)55)62-46(79)33(23-68)63-44(77)30(13-8-10-17-51)60-41(74)29(53)16-20-84-6/h26-35,38-39,68-69,83H,7-25,51-53H2,1-6H3,(H,57,75)(H,58,81)(H,59,82)(H,60,74)(H,61,76)(H,62,79)(H,63,77)(H,64,78)(H,65,80)(H,66,70)(H,67,73)(H,71,72)(H4,54,55,56)/t27-,28-,29-,30-,31-,32-,33-,34-,35-,38-,39-/m0/s1. The number of carbonyl (C=O) groups excluding carboxylic acids is 11. The number of nitrogens with zero attached hydrogens (tertiary/aromatic N) is 1. The van der Waals surface area contributed by atoms with Crippen LogP contribution in [0.4, 0.5) is 0 Å². The summed E-state index contributed by atoms with van der Waals surface area (Å²) < 4.78 is 0. The molecule has 84 heavy (non-hydrogen) atoms. The maximum atomic E-state index is 14.1. The van der Waals surface area contributed by atoms with Gasteiger partial charge in [0.2, 0.25) is 65.0 Å². The Bertz CT molecular complexity index is 2180. The van der Waals surface area contributed by atoms with Gasteiger partial charge in [0.05, 0.1) is 25.8 Å². The molecule has 0 saturated carbocycles. The second-order valence-corrected chi connectivity index (χ2v) is 21.4. The van der Waals surface area contributed by atoms with Crippen molar-refractivity contribution in [3.05, 3.63) is 0 Å². The minimum Gasteiger partial charge on any atom is -0.480 e. The first-order valence-electron chi connectivity index (χ1n) is 27.7. The topological polar surface area (TPSA) is 540 Å². The molecule has 0 radical (unpaired) electrons. The Morgan fingerprint density at radius 1 is 0.524 bits per heavy atom. The minimum absolute atomic E-state index is 0.0107. The van der Waals surface area contributed by atoms with E-state index in [2.05, 4.69) is 76.1 Å². The lowest BCUT2D eigenvalue weighted by Gasteiger charge is -2.27. The molecule has 34 heteroatoms. The van der Waals surface area contributed by atoms with Crippen LogP contribution in [0.25, 0.3) is 0 Å². The molecule has 11 atom stereocenters. The zero-order valence-corrected chi connectivity index (χ0v) is 50.5. The number of aliphatic hydroxyl groups excluding tert-OH is 2. The van der Waals surface area contributed by atoms with Gasteiger partial charge in [-0.1, -0.05) is 34.1 Å². The van der Waals surface area contributed by atoms with E-state index in [1.807, 2.05) is 6.26 Å². The third-order valence-corrected chi connectivity index (χ3v) is 13.8. The van der Waals surface area contributed by atoms with Crippen LogP contribution in [0.5, 0.6) is 0 Å². The second kappa shape index (κ2) is 43.1. The zero-order chi connectivity index (χ0) is 64.1. The van der Waals surface area contributed by atoms with Crippen LogP contribution in [0.15, 0.2) is 4.99 Å². The van der Waals surface area contributed by atoms with E-state index in [-0.39, 0.29) is 56.9 Å². The van der Waals surface area contributed by atoms with Crippen LogP contribution in [-0.2, 0) is 57.5 Å². The van der Waals surface area contributed by atoms with Crippen LogP contribution in [0.1, 0.15) is 98.8 Å². The molecular formula is C50H93N17O15S2. The smallest absolute Gasteiger partial charge is 0.322 e. The SMILES string of the molecule is CC[C@H](C)[C@H](NC(=O)CNC(=O)[C@H](CS)NC(=O)[C@H](CO)NC(=O)[C@H](CCCCN)NC(=O)[C@H](CCCN=C(N)N)NC(=O)[C@H](CO)NC(=O)[C@H](CCCCN)NC(=O)[C@@H](N)CCSC)C(=O)N[C@@H](C)C(=O)N[C@H](C(=O)NCC(=O)O)C(C)C. The number of rotatable bonds is 44. The van der Waals surface area contributed by atoms with E-state index in [4.69, 9.17) is 33.8 Å². The van der Waals surface area contributed by atoms with Crippen molar-refractivity contribution in [3.63, 3.8) is 0 Å². The van der Waals surface area contributed by atoms with Crippen LogP contribution in [0, 0.1) is 11.8 Å². The number of nitrogens with two attached hydrogens (primary N) is 5. The fourth-order valence-corrected chi connectivity index (χ4v) is 8.31. The van der Waals surface area contributed by atoms with Crippen molar-refractivity contribution in [3.8, 4) is 0 Å². The molecule has 0 heterocycles. The Hall–Kier alpha value is -6.59. The summed E-state index contributed by atoms with van der Waals surface area (Å²) in [4.78, 5) is 162. The highest BCUT2D eigenvalue weighted by Gasteiger charge is 2.35. The lowest BCUT2D eigenvalue weighted by Crippen LogP contribution is -2.61. The molecule has 0 aliphatic heterocycles. The Morgan fingerprint density at radius 3 is 1.40 bits per heavy atom. The molecule has 0 spiro atoms. The van der Waals surface area contributed by atoms with Crippen molar-refractivity contribution < 1.29 is 72.9 Å². The van der Waals surface area contributed by atoms with Gasteiger partial charge >= 0.3 is 5.97 Å². The molecule has 0 rings (SSSR count). The van der Waals surface area contributed by atoms with E-state index in [0.29, 0.717) is 44.4 Å². The number of aliphatic carboxylic acids is 1. The first-order chi connectivity index (χ1) is 39.7. The van der Waals surface area contributed by atoms with E-state index in [0.717, 1.165) is 0 Å². The summed E-state index contributed by atoms with van der Waals surface area (Å²) >= 11 is 5.61. The Labute approximate surface area is 499 Å². The summed E-state index contributed by atoms with van der Waals surface area (Å²) in [5.41, 5.74) is 28.3. The van der Waals surface area contributed by atoms with Gasteiger partial charge < -0.3 is 102 Å². The van der Waals surface area contributed by atoms with Crippen LogP contribution in [0.3, 0.4) is 0 Å². The van der Waals surface area contributed by atoms with E-state index in [1.165, 1.54) is 18.7 Å². The highest BCUT2D eigenvalue weighted by Crippen LogP contribution is 2.11. The lowest BCUT2D eigenvalue weighted by atomic mass is 9.97. The monoisotopic (exact) mass is 1240 g/mol. The van der Waals surface area contributed by atoms with Gasteiger partial charge in [-0.25, -0.2) is 0 Å². The zero-order valence-electron chi connectivity index (χ0n) is 48.8. The fraction of sp³-hybridized carbons (Fsp3) is 0.740. The van der Waals surface area contributed by atoms with Gasteiger partial charge in [-0.15, -0.1) is 0 Å².